The summed E-state index contributed by atoms with van der Waals surface area (Å²) in [6, 6.07) is 16.7. The molecule has 82 valence electrons. The molecule has 0 heterocycles. The van der Waals surface area contributed by atoms with Gasteiger partial charge in [-0.1, -0.05) is 30.3 Å². The number of thioether (sulfide) groups is 1. The fourth-order valence-electron chi connectivity index (χ4n) is 1.60. The number of rotatable bonds is 3. The Hall–Kier alpha value is -1.41. The molecule has 0 aliphatic rings. The van der Waals surface area contributed by atoms with Gasteiger partial charge < -0.3 is 5.73 Å². The van der Waals surface area contributed by atoms with Crippen LogP contribution >= 0.6 is 11.8 Å². The average molecular weight is 229 g/mol. The first-order valence-corrected chi connectivity index (χ1v) is 6.26. The number of anilines is 1. The molecule has 16 heavy (non-hydrogen) atoms. The maximum Gasteiger partial charge on any atom is 0.0327 e. The molecule has 0 radical (unpaired) electrons. The highest BCUT2D eigenvalue weighted by atomic mass is 32.2. The lowest BCUT2D eigenvalue weighted by Gasteiger charge is -2.04. The number of hydrogen-bond donors (Lipinski definition) is 1. The van der Waals surface area contributed by atoms with E-state index in [1.165, 1.54) is 16.0 Å². The molecule has 0 amide bonds. The van der Waals surface area contributed by atoms with Crippen molar-refractivity contribution in [2.24, 2.45) is 0 Å². The largest absolute Gasteiger partial charge is 0.399 e. The summed E-state index contributed by atoms with van der Waals surface area (Å²) in [6.07, 6.45) is 0. The van der Waals surface area contributed by atoms with Gasteiger partial charge in [0.1, 0.15) is 0 Å². The Kier molecular flexibility index (Phi) is 3.52. The maximum absolute atomic E-state index is 5.82. The van der Waals surface area contributed by atoms with Crippen molar-refractivity contribution in [1.82, 2.24) is 0 Å². The summed E-state index contributed by atoms with van der Waals surface area (Å²) in [4.78, 5) is 1.24. The third-order valence-electron chi connectivity index (χ3n) is 2.32. The number of nitrogen functional groups attached to an aromatic ring is 1. The summed E-state index contributed by atoms with van der Waals surface area (Å²) in [5.74, 6) is 0.990. The average Bonchev–Trinajstić information content (AvgIpc) is 2.27. The molecule has 0 aromatic heterocycles. The monoisotopic (exact) mass is 229 g/mol. The smallest absolute Gasteiger partial charge is 0.0327 e. The van der Waals surface area contributed by atoms with Crippen LogP contribution in [0.2, 0.25) is 0 Å². The van der Waals surface area contributed by atoms with E-state index in [0.717, 1.165) is 11.4 Å². The molecule has 2 aromatic carbocycles. The molecule has 0 bridgehead atoms. The third-order valence-corrected chi connectivity index (χ3v) is 3.37. The van der Waals surface area contributed by atoms with Crippen LogP contribution in [-0.4, -0.2) is 0 Å². The Bertz CT molecular complexity index is 445. The van der Waals surface area contributed by atoms with Gasteiger partial charge in [0.15, 0.2) is 0 Å². The quantitative estimate of drug-likeness (QED) is 0.638. The summed E-state index contributed by atoms with van der Waals surface area (Å²) < 4.78 is 0. The van der Waals surface area contributed by atoms with E-state index in [4.69, 9.17) is 5.73 Å². The van der Waals surface area contributed by atoms with Crippen LogP contribution in [0.3, 0.4) is 0 Å². The van der Waals surface area contributed by atoms with Gasteiger partial charge in [0.05, 0.1) is 0 Å². The van der Waals surface area contributed by atoms with Crippen molar-refractivity contribution in [2.45, 2.75) is 17.6 Å². The topological polar surface area (TPSA) is 26.0 Å². The van der Waals surface area contributed by atoms with E-state index in [2.05, 4.69) is 37.3 Å². The molecule has 0 saturated heterocycles. The van der Waals surface area contributed by atoms with Crippen molar-refractivity contribution in [3.63, 3.8) is 0 Å². The number of aryl methyl sites for hydroxylation is 1. The zero-order valence-corrected chi connectivity index (χ0v) is 10.1. The Balaban J connectivity index is 2.05. The number of benzene rings is 2. The van der Waals surface area contributed by atoms with Gasteiger partial charge in [-0.2, -0.15) is 0 Å². The Morgan fingerprint density at radius 3 is 2.50 bits per heavy atom. The molecule has 0 atom stereocenters. The predicted octanol–water partition coefficient (Wildman–Crippen LogP) is 3.87. The Morgan fingerprint density at radius 1 is 1.06 bits per heavy atom. The van der Waals surface area contributed by atoms with E-state index in [-0.39, 0.29) is 0 Å². The standard InChI is InChI=1S/C14H15NS/c1-11-7-13(15)9-14(8-11)16-10-12-5-3-2-4-6-12/h2-9H,10,15H2,1H3. The van der Waals surface area contributed by atoms with Gasteiger partial charge in [0.2, 0.25) is 0 Å². The highest BCUT2D eigenvalue weighted by Gasteiger charge is 1.98. The van der Waals surface area contributed by atoms with Crippen LogP contribution < -0.4 is 5.73 Å². The van der Waals surface area contributed by atoms with Crippen molar-refractivity contribution in [3.05, 3.63) is 59.7 Å². The first kappa shape index (κ1) is 11.1. The molecule has 0 saturated carbocycles. The first-order chi connectivity index (χ1) is 7.74. The van der Waals surface area contributed by atoms with Gasteiger partial charge in [0.25, 0.3) is 0 Å². The third kappa shape index (κ3) is 3.04. The number of hydrogen-bond acceptors (Lipinski definition) is 2. The highest BCUT2D eigenvalue weighted by molar-refractivity contribution is 7.98. The second kappa shape index (κ2) is 5.08. The lowest BCUT2D eigenvalue weighted by molar-refractivity contribution is 1.34. The lowest BCUT2D eigenvalue weighted by atomic mass is 10.2. The molecule has 0 aliphatic carbocycles. The van der Waals surface area contributed by atoms with Gasteiger partial charge >= 0.3 is 0 Å². The molecule has 0 spiro atoms. The van der Waals surface area contributed by atoms with Crippen molar-refractivity contribution in [3.8, 4) is 0 Å². The van der Waals surface area contributed by atoms with E-state index < -0.39 is 0 Å². The molecular formula is C14H15NS. The van der Waals surface area contributed by atoms with Crippen LogP contribution in [-0.2, 0) is 5.75 Å². The van der Waals surface area contributed by atoms with Gasteiger partial charge in [-0.05, 0) is 36.2 Å². The molecule has 2 rings (SSSR count). The summed E-state index contributed by atoms with van der Waals surface area (Å²) in [6.45, 7) is 2.07. The molecule has 0 fully saturated rings. The van der Waals surface area contributed by atoms with Crippen LogP contribution in [0.4, 0.5) is 5.69 Å². The predicted molar refractivity (Wildman–Crippen MR) is 71.6 cm³/mol. The van der Waals surface area contributed by atoms with Gasteiger partial charge in [-0.25, -0.2) is 0 Å². The van der Waals surface area contributed by atoms with Crippen molar-refractivity contribution < 1.29 is 0 Å². The second-order valence-corrected chi connectivity index (χ2v) is 4.90. The maximum atomic E-state index is 5.82. The Morgan fingerprint density at radius 2 is 1.81 bits per heavy atom. The second-order valence-electron chi connectivity index (χ2n) is 3.85. The van der Waals surface area contributed by atoms with Crippen molar-refractivity contribution >= 4 is 17.4 Å². The zero-order valence-electron chi connectivity index (χ0n) is 9.31. The van der Waals surface area contributed by atoms with E-state index in [1.54, 1.807) is 0 Å². The SMILES string of the molecule is Cc1cc(N)cc(SCc2ccccc2)c1. The molecule has 2 heteroatoms. The summed E-state index contributed by atoms with van der Waals surface area (Å²) in [7, 11) is 0. The summed E-state index contributed by atoms with van der Waals surface area (Å²) >= 11 is 1.82. The summed E-state index contributed by atoms with van der Waals surface area (Å²) in [5.41, 5.74) is 9.22. The van der Waals surface area contributed by atoms with Crippen molar-refractivity contribution in [2.75, 3.05) is 5.73 Å². The van der Waals surface area contributed by atoms with E-state index >= 15 is 0 Å². The molecule has 0 aliphatic heterocycles. The molecule has 2 aromatic rings. The van der Waals surface area contributed by atoms with Crippen LogP contribution in [0, 0.1) is 6.92 Å². The molecule has 2 N–H and O–H groups in total. The van der Waals surface area contributed by atoms with Crippen LogP contribution in [0.25, 0.3) is 0 Å². The summed E-state index contributed by atoms with van der Waals surface area (Å²) in [5, 5.41) is 0. The van der Waals surface area contributed by atoms with E-state index in [0.29, 0.717) is 0 Å². The van der Waals surface area contributed by atoms with Gasteiger partial charge in [-0.3, -0.25) is 0 Å². The van der Waals surface area contributed by atoms with Crippen molar-refractivity contribution in [1.29, 1.82) is 0 Å². The fraction of sp³-hybridized carbons (Fsp3) is 0.143. The minimum Gasteiger partial charge on any atom is -0.399 e. The molecule has 0 unspecified atom stereocenters. The van der Waals surface area contributed by atoms with E-state index in [9.17, 15) is 0 Å². The number of nitrogens with two attached hydrogens (primary N) is 1. The zero-order chi connectivity index (χ0) is 11.4. The lowest BCUT2D eigenvalue weighted by Crippen LogP contribution is -1.87. The molecular weight excluding hydrogens is 214 g/mol. The normalized spacial score (nSPS) is 10.3. The van der Waals surface area contributed by atoms with Crippen LogP contribution in [0.5, 0.6) is 0 Å². The Labute approximate surface area is 101 Å². The van der Waals surface area contributed by atoms with Crippen LogP contribution in [0.1, 0.15) is 11.1 Å². The first-order valence-electron chi connectivity index (χ1n) is 5.28. The van der Waals surface area contributed by atoms with Gasteiger partial charge in [0, 0.05) is 16.3 Å². The molecule has 1 nitrogen and oxygen atoms in total. The van der Waals surface area contributed by atoms with E-state index in [1.807, 2.05) is 30.0 Å². The van der Waals surface area contributed by atoms with Gasteiger partial charge in [-0.15, -0.1) is 11.8 Å². The minimum absolute atomic E-state index is 0.843. The highest BCUT2D eigenvalue weighted by Crippen LogP contribution is 2.25. The van der Waals surface area contributed by atoms with Crippen LogP contribution in [0.15, 0.2) is 53.4 Å². The minimum atomic E-state index is 0.843. The fourth-order valence-corrected chi connectivity index (χ4v) is 2.62.